The van der Waals surface area contributed by atoms with E-state index < -0.39 is 20.2 Å². The van der Waals surface area contributed by atoms with Crippen LogP contribution in [0.25, 0.3) is 0 Å². The van der Waals surface area contributed by atoms with Crippen molar-refractivity contribution in [1.82, 2.24) is 0 Å². The van der Waals surface area contributed by atoms with E-state index in [0.29, 0.717) is 38.8 Å². The molecule has 0 radical (unpaired) electrons. The number of anilines is 1. The molecule has 2 aliphatic heterocycles. The third-order valence-electron chi connectivity index (χ3n) is 9.77. The number of hydrogen-bond donors (Lipinski definition) is 1. The summed E-state index contributed by atoms with van der Waals surface area (Å²) in [4.78, 5) is 2.23. The molecule has 8 nitrogen and oxygen atoms in total. The van der Waals surface area contributed by atoms with Gasteiger partial charge in [0.15, 0.2) is 5.71 Å². The number of benzene rings is 2. The normalized spacial score (nSPS) is 20.5. The van der Waals surface area contributed by atoms with Crippen LogP contribution in [-0.2, 0) is 31.1 Å². The highest BCUT2D eigenvalue weighted by Gasteiger charge is 2.44. The monoisotopic (exact) mass is 712 g/mol. The number of unbranched alkanes of at least 4 members (excludes halogenated alkanes) is 2. The van der Waals surface area contributed by atoms with Gasteiger partial charge in [-0.1, -0.05) is 74.0 Å². The number of halogens is 1. The van der Waals surface area contributed by atoms with Gasteiger partial charge in [0.25, 0.3) is 10.1 Å². The molecule has 1 aliphatic carbocycles. The summed E-state index contributed by atoms with van der Waals surface area (Å²) in [5.74, 6) is -0.614. The molecular formula is C37H45ClN2O6S2. The zero-order chi connectivity index (χ0) is 34.9. The van der Waals surface area contributed by atoms with Crippen LogP contribution in [0.1, 0.15) is 77.3 Å². The summed E-state index contributed by atoms with van der Waals surface area (Å²) in [5, 5.41) is 0.734. The van der Waals surface area contributed by atoms with Crippen molar-refractivity contribution in [3.8, 4) is 0 Å². The van der Waals surface area contributed by atoms with Crippen molar-refractivity contribution in [3.05, 3.63) is 106 Å². The molecule has 0 saturated heterocycles. The highest BCUT2D eigenvalue weighted by Crippen LogP contribution is 2.48. The molecule has 0 bridgehead atoms. The van der Waals surface area contributed by atoms with Crippen molar-refractivity contribution < 1.29 is 30.5 Å². The lowest BCUT2D eigenvalue weighted by molar-refractivity contribution is -0.438. The Hall–Kier alpha value is -3.02. The van der Waals surface area contributed by atoms with E-state index in [1.165, 1.54) is 11.1 Å². The zero-order valence-corrected chi connectivity index (χ0v) is 30.5. The third-order valence-corrected chi connectivity index (χ3v) is 11.8. The van der Waals surface area contributed by atoms with E-state index in [9.17, 15) is 25.9 Å². The van der Waals surface area contributed by atoms with Gasteiger partial charge in [0.2, 0.25) is 5.69 Å². The van der Waals surface area contributed by atoms with Gasteiger partial charge in [-0.25, -0.2) is 8.42 Å². The Kier molecular flexibility index (Phi) is 10.6. The van der Waals surface area contributed by atoms with E-state index in [-0.39, 0.29) is 22.3 Å². The van der Waals surface area contributed by atoms with Gasteiger partial charge in [-0.3, -0.25) is 4.55 Å². The molecule has 0 spiro atoms. The molecule has 11 heteroatoms. The molecule has 0 unspecified atom stereocenters. The SMILES string of the molecule is CC1(C)C(/C=C/C2=C(Cl)C(=C\C=C3\N(CCCCS(=O)(=O)[O-])c4ccccc4C3(C)C)/CC2)=[N+](CCCCS(=O)(=O)O)c2ccccc21. The van der Waals surface area contributed by atoms with Gasteiger partial charge in [0.05, 0.1) is 21.3 Å². The second-order valence-electron chi connectivity index (χ2n) is 13.9. The van der Waals surface area contributed by atoms with E-state index in [0.717, 1.165) is 51.8 Å². The van der Waals surface area contributed by atoms with Crippen LogP contribution in [0.3, 0.4) is 0 Å². The van der Waals surface area contributed by atoms with Crippen LogP contribution in [0.4, 0.5) is 11.4 Å². The largest absolute Gasteiger partial charge is 0.748 e. The Balaban J connectivity index is 1.41. The summed E-state index contributed by atoms with van der Waals surface area (Å²) in [7, 11) is -8.24. The highest BCUT2D eigenvalue weighted by molar-refractivity contribution is 7.85. The lowest BCUT2D eigenvalue weighted by Gasteiger charge is -2.27. The predicted octanol–water partition coefficient (Wildman–Crippen LogP) is 7.51. The molecule has 0 amide bonds. The molecule has 48 heavy (non-hydrogen) atoms. The van der Waals surface area contributed by atoms with Gasteiger partial charge in [0, 0.05) is 58.3 Å². The number of para-hydroxylation sites is 2. The van der Waals surface area contributed by atoms with Crippen LogP contribution in [-0.4, -0.2) is 60.8 Å². The third kappa shape index (κ3) is 7.89. The van der Waals surface area contributed by atoms with Crippen molar-refractivity contribution in [2.75, 3.05) is 29.5 Å². The fourth-order valence-corrected chi connectivity index (χ4v) is 8.68. The summed E-state index contributed by atoms with van der Waals surface area (Å²) < 4.78 is 67.5. The first-order chi connectivity index (χ1) is 22.5. The summed E-state index contributed by atoms with van der Waals surface area (Å²) in [6, 6.07) is 16.5. The maximum atomic E-state index is 11.3. The lowest BCUT2D eigenvalue weighted by Crippen LogP contribution is -2.28. The lowest BCUT2D eigenvalue weighted by atomic mass is 9.81. The molecular weight excluding hydrogens is 668 g/mol. The number of rotatable bonds is 13. The molecule has 258 valence electrons. The molecule has 0 saturated carbocycles. The fourth-order valence-electron chi connectivity index (χ4n) is 7.23. The number of hydrogen-bond acceptors (Lipinski definition) is 6. The first kappa shape index (κ1) is 36.3. The predicted molar refractivity (Wildman–Crippen MR) is 193 cm³/mol. The first-order valence-electron chi connectivity index (χ1n) is 16.5. The minimum Gasteiger partial charge on any atom is -0.748 e. The van der Waals surface area contributed by atoms with Gasteiger partial charge in [-0.05, 0) is 74.8 Å². The minimum absolute atomic E-state index is 0.252. The molecule has 0 aromatic heterocycles. The Morgan fingerprint density at radius 3 is 2.23 bits per heavy atom. The molecule has 3 aliphatic rings. The van der Waals surface area contributed by atoms with Crippen molar-refractivity contribution in [1.29, 1.82) is 0 Å². The van der Waals surface area contributed by atoms with Crippen LogP contribution in [0.15, 0.2) is 94.7 Å². The van der Waals surface area contributed by atoms with Crippen LogP contribution < -0.4 is 4.90 Å². The Morgan fingerprint density at radius 1 is 0.854 bits per heavy atom. The fraction of sp³-hybridized carbons (Fsp3) is 0.432. The molecule has 2 aromatic carbocycles. The minimum atomic E-state index is -4.24. The van der Waals surface area contributed by atoms with E-state index in [4.69, 9.17) is 11.6 Å². The average Bonchev–Trinajstić information content (AvgIpc) is 3.54. The van der Waals surface area contributed by atoms with Gasteiger partial charge < -0.3 is 9.45 Å². The number of allylic oxidation sites excluding steroid dienone is 8. The quantitative estimate of drug-likeness (QED) is 0.130. The first-order valence-corrected chi connectivity index (χ1v) is 20.1. The van der Waals surface area contributed by atoms with E-state index in [1.807, 2.05) is 24.3 Å². The maximum Gasteiger partial charge on any atom is 0.264 e. The van der Waals surface area contributed by atoms with Gasteiger partial charge in [-0.2, -0.15) is 13.0 Å². The van der Waals surface area contributed by atoms with Crippen molar-refractivity contribution >= 4 is 48.9 Å². The van der Waals surface area contributed by atoms with Crippen molar-refractivity contribution in [3.63, 3.8) is 0 Å². The summed E-state index contributed by atoms with van der Waals surface area (Å²) >= 11 is 7.03. The van der Waals surface area contributed by atoms with Crippen LogP contribution in [0.2, 0.25) is 0 Å². The maximum absolute atomic E-state index is 11.3. The topological polar surface area (TPSA) is 118 Å². The van der Waals surface area contributed by atoms with Crippen molar-refractivity contribution in [2.24, 2.45) is 0 Å². The van der Waals surface area contributed by atoms with Crippen LogP contribution in [0, 0.1) is 0 Å². The molecule has 1 N–H and O–H groups in total. The molecule has 2 aromatic rings. The molecule has 0 fully saturated rings. The van der Waals surface area contributed by atoms with E-state index >= 15 is 0 Å². The average molecular weight is 713 g/mol. The Labute approximate surface area is 290 Å². The summed E-state index contributed by atoms with van der Waals surface area (Å²) in [6.07, 6.45) is 12.0. The van der Waals surface area contributed by atoms with E-state index in [2.05, 4.69) is 85.7 Å². The zero-order valence-electron chi connectivity index (χ0n) is 28.1. The van der Waals surface area contributed by atoms with Crippen LogP contribution in [0.5, 0.6) is 0 Å². The molecule has 2 heterocycles. The van der Waals surface area contributed by atoms with E-state index in [1.54, 1.807) is 0 Å². The number of fused-ring (bicyclic) bond motifs is 2. The van der Waals surface area contributed by atoms with Crippen molar-refractivity contribution in [2.45, 2.75) is 77.0 Å². The molecule has 0 atom stereocenters. The molecule has 5 rings (SSSR count). The summed E-state index contributed by atoms with van der Waals surface area (Å²) in [6.45, 7) is 9.99. The standard InChI is InChI=1S/C37H45ClN2O6S2/c1-36(2)29-13-5-7-15-31(29)39(23-9-11-25-47(41,42)43)33(36)21-19-27-17-18-28(35(27)38)20-22-34-37(3,4)30-14-6-8-16-32(30)40(34)24-10-12-26-48(44,45)46/h5-8,13-16,19-22H,9-12,17-18,23-26H2,1-4H3,(H-,41,42,43,44,45,46). The van der Waals surface area contributed by atoms with Gasteiger partial charge in [-0.15, -0.1) is 0 Å². The Morgan fingerprint density at radius 2 is 1.52 bits per heavy atom. The van der Waals surface area contributed by atoms with Crippen LogP contribution >= 0.6 is 11.6 Å². The smallest absolute Gasteiger partial charge is 0.264 e. The second-order valence-corrected chi connectivity index (χ2v) is 17.3. The number of nitrogens with zero attached hydrogens (tertiary/aromatic N) is 2. The van der Waals surface area contributed by atoms with Gasteiger partial charge in [0.1, 0.15) is 6.54 Å². The highest BCUT2D eigenvalue weighted by atomic mass is 35.5. The second kappa shape index (κ2) is 14.1. The van der Waals surface area contributed by atoms with Gasteiger partial charge >= 0.3 is 0 Å². The summed E-state index contributed by atoms with van der Waals surface area (Å²) in [5.41, 5.74) is 8.36. The Bertz CT molecular complexity index is 1950.